The Morgan fingerprint density at radius 1 is 1.09 bits per heavy atom. The SMILES string of the molecule is Cc1cccc2c1C(OCC1(CO)CC1)(c1ccc(Cl)cc1)N(Cc1ccc([N+](=O)[O-])cc1)C2=O. The highest BCUT2D eigenvalue weighted by atomic mass is 35.5. The molecule has 1 amide bonds. The van der Waals surface area contributed by atoms with Crippen molar-refractivity contribution < 1.29 is 19.6 Å². The number of ether oxygens (including phenoxy) is 1. The number of aliphatic hydroxyl groups excluding tert-OH is 1. The molecule has 0 saturated heterocycles. The van der Waals surface area contributed by atoms with Crippen molar-refractivity contribution in [1.29, 1.82) is 0 Å². The predicted octanol–water partition coefficient (Wildman–Crippen LogP) is 5.20. The quantitative estimate of drug-likeness (QED) is 0.344. The molecule has 2 aliphatic rings. The van der Waals surface area contributed by atoms with E-state index in [2.05, 4.69) is 0 Å². The summed E-state index contributed by atoms with van der Waals surface area (Å²) >= 11 is 6.20. The summed E-state index contributed by atoms with van der Waals surface area (Å²) < 4.78 is 6.75. The van der Waals surface area contributed by atoms with Crippen molar-refractivity contribution in [2.24, 2.45) is 5.41 Å². The molecule has 1 aliphatic heterocycles. The molecular formula is C27H25ClN2O5. The van der Waals surface area contributed by atoms with Gasteiger partial charge in [0.25, 0.3) is 11.6 Å². The second-order valence-corrected chi connectivity index (χ2v) is 9.85. The molecule has 0 spiro atoms. The molecule has 0 aromatic heterocycles. The summed E-state index contributed by atoms with van der Waals surface area (Å²) in [5.41, 5.74) is 2.14. The molecule has 1 atom stereocenters. The topological polar surface area (TPSA) is 92.9 Å². The zero-order chi connectivity index (χ0) is 24.8. The number of aliphatic hydroxyl groups is 1. The van der Waals surface area contributed by atoms with Crippen LogP contribution in [-0.4, -0.2) is 34.1 Å². The molecule has 1 aliphatic carbocycles. The lowest BCUT2D eigenvalue weighted by atomic mass is 9.89. The summed E-state index contributed by atoms with van der Waals surface area (Å²) in [5, 5.41) is 21.6. The van der Waals surface area contributed by atoms with E-state index in [-0.39, 0.29) is 36.8 Å². The minimum absolute atomic E-state index is 0.0144. The van der Waals surface area contributed by atoms with Gasteiger partial charge in [0, 0.05) is 45.8 Å². The van der Waals surface area contributed by atoms with Crippen LogP contribution in [0.1, 0.15) is 45.5 Å². The molecule has 1 heterocycles. The smallest absolute Gasteiger partial charge is 0.269 e. The van der Waals surface area contributed by atoms with Crippen LogP contribution in [0.4, 0.5) is 5.69 Å². The van der Waals surface area contributed by atoms with Crippen molar-refractivity contribution in [3.8, 4) is 0 Å². The van der Waals surface area contributed by atoms with Crippen LogP contribution in [0.3, 0.4) is 0 Å². The lowest BCUT2D eigenvalue weighted by Crippen LogP contribution is -2.47. The average Bonchev–Trinajstić information content (AvgIpc) is 3.60. The lowest BCUT2D eigenvalue weighted by molar-refractivity contribution is -0.384. The molecule has 0 bridgehead atoms. The number of non-ortho nitro benzene ring substituents is 1. The Morgan fingerprint density at radius 2 is 1.77 bits per heavy atom. The van der Waals surface area contributed by atoms with Crippen molar-refractivity contribution >= 4 is 23.2 Å². The van der Waals surface area contributed by atoms with Crippen LogP contribution in [-0.2, 0) is 17.0 Å². The van der Waals surface area contributed by atoms with Gasteiger partial charge in [-0.1, -0.05) is 48.0 Å². The van der Waals surface area contributed by atoms with Crippen molar-refractivity contribution in [1.82, 2.24) is 4.90 Å². The zero-order valence-corrected chi connectivity index (χ0v) is 20.0. The first-order valence-corrected chi connectivity index (χ1v) is 11.8. The molecule has 0 radical (unpaired) electrons. The van der Waals surface area contributed by atoms with E-state index >= 15 is 0 Å². The Labute approximate surface area is 208 Å². The van der Waals surface area contributed by atoms with E-state index in [1.807, 2.05) is 31.2 Å². The Kier molecular flexibility index (Phi) is 5.87. The van der Waals surface area contributed by atoms with Crippen LogP contribution in [0.25, 0.3) is 0 Å². The van der Waals surface area contributed by atoms with E-state index in [9.17, 15) is 20.0 Å². The number of carbonyl (C=O) groups excluding carboxylic acids is 1. The number of amides is 1. The third-order valence-corrected chi connectivity index (χ3v) is 7.32. The van der Waals surface area contributed by atoms with Crippen LogP contribution in [0, 0.1) is 22.5 Å². The van der Waals surface area contributed by atoms with E-state index in [1.165, 1.54) is 12.1 Å². The lowest BCUT2D eigenvalue weighted by Gasteiger charge is -2.41. The van der Waals surface area contributed by atoms with Crippen LogP contribution in [0.5, 0.6) is 0 Å². The van der Waals surface area contributed by atoms with Crippen molar-refractivity contribution in [3.05, 3.63) is 110 Å². The van der Waals surface area contributed by atoms with Gasteiger partial charge in [0.05, 0.1) is 18.1 Å². The fourth-order valence-electron chi connectivity index (χ4n) is 4.80. The molecule has 35 heavy (non-hydrogen) atoms. The van der Waals surface area contributed by atoms with Crippen molar-refractivity contribution in [2.45, 2.75) is 32.0 Å². The molecule has 1 fully saturated rings. The van der Waals surface area contributed by atoms with Crippen LogP contribution >= 0.6 is 11.6 Å². The molecule has 7 nitrogen and oxygen atoms in total. The van der Waals surface area contributed by atoms with Crippen LogP contribution in [0.15, 0.2) is 66.7 Å². The summed E-state index contributed by atoms with van der Waals surface area (Å²) in [6.07, 6.45) is 1.72. The minimum atomic E-state index is -1.24. The molecule has 3 aromatic carbocycles. The van der Waals surface area contributed by atoms with Gasteiger partial charge in [0.15, 0.2) is 5.72 Å². The van der Waals surface area contributed by atoms with E-state index in [4.69, 9.17) is 16.3 Å². The number of carbonyl (C=O) groups is 1. The Morgan fingerprint density at radius 3 is 2.37 bits per heavy atom. The van der Waals surface area contributed by atoms with Gasteiger partial charge in [-0.05, 0) is 49.1 Å². The molecule has 1 N–H and O–H groups in total. The zero-order valence-electron chi connectivity index (χ0n) is 19.2. The van der Waals surface area contributed by atoms with Gasteiger partial charge in [0.2, 0.25) is 0 Å². The number of nitro groups is 1. The van der Waals surface area contributed by atoms with Gasteiger partial charge in [0.1, 0.15) is 0 Å². The Hall–Kier alpha value is -3.26. The third kappa shape index (κ3) is 3.99. The standard InChI is InChI=1S/C27H25ClN2O5/c1-18-3-2-4-23-24(18)27(20-7-9-21(28)10-8-20,35-17-26(16-31)13-14-26)29(25(23)32)15-19-5-11-22(12-6-19)30(33)34/h2-12,31H,13-17H2,1H3. The van der Waals surface area contributed by atoms with Crippen LogP contribution in [0.2, 0.25) is 5.02 Å². The van der Waals surface area contributed by atoms with E-state index in [0.29, 0.717) is 10.6 Å². The first kappa shape index (κ1) is 23.5. The van der Waals surface area contributed by atoms with E-state index in [1.54, 1.807) is 35.2 Å². The molecular weight excluding hydrogens is 468 g/mol. The third-order valence-electron chi connectivity index (χ3n) is 7.07. The fourth-order valence-corrected chi connectivity index (χ4v) is 4.93. The summed E-state index contributed by atoms with van der Waals surface area (Å²) in [5.74, 6) is -0.189. The van der Waals surface area contributed by atoms with Gasteiger partial charge in [-0.15, -0.1) is 0 Å². The molecule has 1 saturated carbocycles. The number of rotatable bonds is 8. The Balaban J connectivity index is 1.66. The summed E-state index contributed by atoms with van der Waals surface area (Å²) in [6, 6.07) is 19.0. The highest BCUT2D eigenvalue weighted by Crippen LogP contribution is 2.52. The number of benzene rings is 3. The molecule has 180 valence electrons. The average molecular weight is 493 g/mol. The van der Waals surface area contributed by atoms with Gasteiger partial charge < -0.3 is 9.84 Å². The predicted molar refractivity (Wildman–Crippen MR) is 131 cm³/mol. The van der Waals surface area contributed by atoms with Crippen LogP contribution < -0.4 is 0 Å². The molecule has 5 rings (SSSR count). The fraction of sp³-hybridized carbons (Fsp3) is 0.296. The Bertz CT molecular complexity index is 1290. The number of halogens is 1. The first-order chi connectivity index (χ1) is 16.8. The number of aryl methyl sites for hydroxylation is 1. The van der Waals surface area contributed by atoms with Gasteiger partial charge in [-0.3, -0.25) is 19.8 Å². The number of hydrogen-bond acceptors (Lipinski definition) is 5. The maximum absolute atomic E-state index is 13.9. The maximum Gasteiger partial charge on any atom is 0.269 e. The van der Waals surface area contributed by atoms with Gasteiger partial charge in [-0.25, -0.2) is 0 Å². The van der Waals surface area contributed by atoms with Gasteiger partial charge >= 0.3 is 0 Å². The first-order valence-electron chi connectivity index (χ1n) is 11.5. The maximum atomic E-state index is 13.9. The number of fused-ring (bicyclic) bond motifs is 1. The monoisotopic (exact) mass is 492 g/mol. The van der Waals surface area contributed by atoms with Gasteiger partial charge in [-0.2, -0.15) is 0 Å². The summed E-state index contributed by atoms with van der Waals surface area (Å²) in [6.45, 7) is 2.43. The highest BCUT2D eigenvalue weighted by molar-refractivity contribution is 6.30. The summed E-state index contributed by atoms with van der Waals surface area (Å²) in [4.78, 5) is 26.2. The van der Waals surface area contributed by atoms with E-state index < -0.39 is 10.6 Å². The second kappa shape index (κ2) is 8.75. The normalized spacial score (nSPS) is 20.1. The largest absolute Gasteiger partial charge is 0.396 e. The minimum Gasteiger partial charge on any atom is -0.396 e. The van der Waals surface area contributed by atoms with Crippen molar-refractivity contribution in [2.75, 3.05) is 13.2 Å². The van der Waals surface area contributed by atoms with Crippen molar-refractivity contribution in [3.63, 3.8) is 0 Å². The summed E-state index contributed by atoms with van der Waals surface area (Å²) in [7, 11) is 0. The number of nitro benzene ring substituents is 1. The molecule has 8 heteroatoms. The highest BCUT2D eigenvalue weighted by Gasteiger charge is 2.55. The second-order valence-electron chi connectivity index (χ2n) is 9.41. The number of nitrogens with zero attached hydrogens (tertiary/aromatic N) is 2. The number of hydrogen-bond donors (Lipinski definition) is 1. The molecule has 3 aromatic rings. The molecule has 1 unspecified atom stereocenters. The van der Waals surface area contributed by atoms with E-state index in [0.717, 1.165) is 35.1 Å².